The van der Waals surface area contributed by atoms with Gasteiger partial charge >= 0.3 is 23.7 Å². The minimum absolute atomic E-state index is 0.0484. The summed E-state index contributed by atoms with van der Waals surface area (Å²) in [7, 11) is 0. The number of esters is 1. The molecule has 14 heteroatoms. The number of carbonyl (C=O) groups is 3. The number of pyridine rings is 1. The number of carbonyl (C=O) groups excluding carboxylic acids is 3. The van der Waals surface area contributed by atoms with Crippen molar-refractivity contribution in [2.45, 2.75) is 35.0 Å². The Hall–Kier alpha value is -3.81. The molecule has 0 bridgehead atoms. The van der Waals surface area contributed by atoms with Gasteiger partial charge in [-0.15, -0.1) is 0 Å². The van der Waals surface area contributed by atoms with Crippen molar-refractivity contribution in [3.63, 3.8) is 0 Å². The summed E-state index contributed by atoms with van der Waals surface area (Å²) in [6.07, 6.45) is -4.48. The fourth-order valence-corrected chi connectivity index (χ4v) is 4.60. The molecular weight excluding hydrogens is 540 g/mol. The third-order valence-corrected chi connectivity index (χ3v) is 6.45. The van der Waals surface area contributed by atoms with Gasteiger partial charge in [0.05, 0.1) is 17.8 Å². The Labute approximate surface area is 215 Å². The fraction of sp³-hybridized carbons (Fsp3) is 0.250. The minimum atomic E-state index is -5.25. The zero-order chi connectivity index (χ0) is 27.7. The van der Waals surface area contributed by atoms with Crippen molar-refractivity contribution in [3.05, 3.63) is 66.4 Å². The molecule has 4 rings (SSSR count). The topological polar surface area (TPSA) is 88.6 Å². The van der Waals surface area contributed by atoms with Crippen LogP contribution in [-0.2, 0) is 20.7 Å². The van der Waals surface area contributed by atoms with Crippen LogP contribution in [0.1, 0.15) is 12.0 Å². The summed E-state index contributed by atoms with van der Waals surface area (Å²) in [6.45, 7) is -0.845. The van der Waals surface area contributed by atoms with E-state index in [1.807, 2.05) is 0 Å². The van der Waals surface area contributed by atoms with Crippen molar-refractivity contribution in [2.24, 2.45) is 0 Å². The van der Waals surface area contributed by atoms with Crippen LogP contribution in [-0.4, -0.2) is 46.7 Å². The van der Waals surface area contributed by atoms with Crippen LogP contribution in [0.4, 0.5) is 36.8 Å². The number of anilines is 1. The van der Waals surface area contributed by atoms with Crippen molar-refractivity contribution >= 4 is 46.3 Å². The molecule has 0 aliphatic carbocycles. The number of fused-ring (bicyclic) bond motifs is 1. The third-order valence-electron chi connectivity index (χ3n) is 5.72. The van der Waals surface area contributed by atoms with E-state index in [-0.39, 0.29) is 28.8 Å². The van der Waals surface area contributed by atoms with Crippen LogP contribution in [0.5, 0.6) is 0 Å². The van der Waals surface area contributed by atoms with Crippen molar-refractivity contribution in [3.8, 4) is 0 Å². The van der Waals surface area contributed by atoms with E-state index in [4.69, 9.17) is 0 Å². The quantitative estimate of drug-likeness (QED) is 0.182. The maximum Gasteiger partial charge on any atom is 0.490 e. The summed E-state index contributed by atoms with van der Waals surface area (Å²) in [6, 6.07) is 12.0. The normalized spacial score (nSPS) is 18.1. The number of benzene rings is 2. The predicted molar refractivity (Wildman–Crippen MR) is 124 cm³/mol. The highest BCUT2D eigenvalue weighted by Gasteiger charge is 2.52. The van der Waals surface area contributed by atoms with Crippen LogP contribution < -0.4 is 10.2 Å². The number of halogens is 6. The summed E-state index contributed by atoms with van der Waals surface area (Å²) in [5, 5.41) is 3.12. The molecule has 2 heterocycles. The molecule has 0 saturated carbocycles. The van der Waals surface area contributed by atoms with Gasteiger partial charge in [0, 0.05) is 29.3 Å². The van der Waals surface area contributed by atoms with E-state index in [0.717, 1.165) is 24.3 Å². The number of para-hydroxylation sites is 1. The standard InChI is InChI=1S/C24H17F6N3O4S/c25-23(26,27)20(35)37-12-10-22(13-14-9-11-31-18-4-2-1-3-17(14)18)19(34)33(21(36)32-22)15-5-7-16(8-6-15)38-24(28,29)30/h1-9,11H,10,12-13H2,(H,32,36)/t22-/m0/s1. The first kappa shape index (κ1) is 27.2. The molecule has 1 fully saturated rings. The average molecular weight is 557 g/mol. The first-order valence-corrected chi connectivity index (χ1v) is 11.7. The molecule has 3 aromatic rings. The fourth-order valence-electron chi connectivity index (χ4n) is 4.06. The molecule has 2 aromatic carbocycles. The van der Waals surface area contributed by atoms with Gasteiger partial charge in [0.2, 0.25) is 0 Å². The highest BCUT2D eigenvalue weighted by Crippen LogP contribution is 2.38. The largest absolute Gasteiger partial charge is 0.490 e. The lowest BCUT2D eigenvalue weighted by atomic mass is 9.86. The lowest BCUT2D eigenvalue weighted by Gasteiger charge is -2.27. The molecule has 1 N–H and O–H groups in total. The van der Waals surface area contributed by atoms with Gasteiger partial charge in [-0.2, -0.15) is 26.3 Å². The van der Waals surface area contributed by atoms with Gasteiger partial charge in [0.15, 0.2) is 0 Å². The molecule has 200 valence electrons. The van der Waals surface area contributed by atoms with Crippen LogP contribution in [0.3, 0.4) is 0 Å². The highest BCUT2D eigenvalue weighted by molar-refractivity contribution is 8.00. The Kier molecular flexibility index (Phi) is 7.28. The zero-order valence-electron chi connectivity index (χ0n) is 19.1. The van der Waals surface area contributed by atoms with E-state index in [0.29, 0.717) is 21.4 Å². The van der Waals surface area contributed by atoms with Gasteiger partial charge in [0.1, 0.15) is 5.54 Å². The Bertz CT molecular complexity index is 1370. The number of aromatic nitrogens is 1. The van der Waals surface area contributed by atoms with Crippen molar-refractivity contribution in [1.29, 1.82) is 0 Å². The molecule has 1 aliphatic heterocycles. The van der Waals surface area contributed by atoms with Crippen molar-refractivity contribution in [2.75, 3.05) is 11.5 Å². The summed E-state index contributed by atoms with van der Waals surface area (Å²) >= 11 is -0.378. The van der Waals surface area contributed by atoms with Gasteiger partial charge in [-0.05, 0) is 53.7 Å². The van der Waals surface area contributed by atoms with Crippen LogP contribution >= 0.6 is 11.8 Å². The van der Waals surface area contributed by atoms with E-state index in [9.17, 15) is 40.7 Å². The maximum atomic E-state index is 13.6. The molecule has 7 nitrogen and oxygen atoms in total. The number of rotatable bonds is 7. The van der Waals surface area contributed by atoms with Crippen LogP contribution in [0.25, 0.3) is 10.9 Å². The summed E-state index contributed by atoms with van der Waals surface area (Å²) in [4.78, 5) is 42.5. The van der Waals surface area contributed by atoms with Crippen molar-refractivity contribution in [1.82, 2.24) is 10.3 Å². The zero-order valence-corrected chi connectivity index (χ0v) is 19.9. The Morgan fingerprint density at radius 2 is 1.68 bits per heavy atom. The second-order valence-corrected chi connectivity index (χ2v) is 9.38. The van der Waals surface area contributed by atoms with Crippen molar-refractivity contribution < 1.29 is 45.5 Å². The molecular formula is C24H17F6N3O4S. The van der Waals surface area contributed by atoms with Gasteiger partial charge in [-0.3, -0.25) is 9.78 Å². The second-order valence-electron chi connectivity index (χ2n) is 8.24. The number of ether oxygens (including phenoxy) is 1. The monoisotopic (exact) mass is 557 g/mol. The van der Waals surface area contributed by atoms with E-state index in [2.05, 4.69) is 15.0 Å². The summed E-state index contributed by atoms with van der Waals surface area (Å²) in [5.74, 6) is -3.32. The average Bonchev–Trinajstić information content (AvgIpc) is 3.07. The third kappa shape index (κ3) is 5.85. The number of imide groups is 1. The summed E-state index contributed by atoms with van der Waals surface area (Å²) in [5.41, 5.74) is -5.32. The van der Waals surface area contributed by atoms with E-state index >= 15 is 0 Å². The lowest BCUT2D eigenvalue weighted by molar-refractivity contribution is -0.200. The van der Waals surface area contributed by atoms with E-state index in [1.54, 1.807) is 30.3 Å². The number of alkyl halides is 6. The molecule has 0 radical (unpaired) electrons. The maximum absolute atomic E-state index is 13.6. The van der Waals surface area contributed by atoms with Gasteiger partial charge in [-0.1, -0.05) is 18.2 Å². The van der Waals surface area contributed by atoms with Gasteiger partial charge in [-0.25, -0.2) is 14.5 Å². The first-order valence-electron chi connectivity index (χ1n) is 10.9. The molecule has 1 atom stereocenters. The number of hydrogen-bond donors (Lipinski definition) is 1. The van der Waals surface area contributed by atoms with E-state index in [1.165, 1.54) is 6.20 Å². The predicted octanol–water partition coefficient (Wildman–Crippen LogP) is 5.38. The Morgan fingerprint density at radius 1 is 1.00 bits per heavy atom. The summed E-state index contributed by atoms with van der Waals surface area (Å²) < 4.78 is 80.2. The molecule has 38 heavy (non-hydrogen) atoms. The second kappa shape index (κ2) is 10.2. The number of amides is 3. The number of nitrogens with zero attached hydrogens (tertiary/aromatic N) is 2. The van der Waals surface area contributed by atoms with Crippen LogP contribution in [0, 0.1) is 0 Å². The van der Waals surface area contributed by atoms with Crippen LogP contribution in [0.2, 0.25) is 0 Å². The molecule has 0 unspecified atom stereocenters. The number of thioether (sulfide) groups is 1. The number of nitrogens with one attached hydrogen (secondary N) is 1. The molecule has 1 saturated heterocycles. The highest BCUT2D eigenvalue weighted by atomic mass is 32.2. The van der Waals surface area contributed by atoms with Crippen LogP contribution in [0.15, 0.2) is 65.7 Å². The van der Waals surface area contributed by atoms with Gasteiger partial charge in [0.25, 0.3) is 5.91 Å². The Morgan fingerprint density at radius 3 is 2.34 bits per heavy atom. The minimum Gasteiger partial charge on any atom is -0.459 e. The van der Waals surface area contributed by atoms with E-state index < -0.39 is 48.2 Å². The molecule has 1 aliphatic rings. The molecule has 3 amide bonds. The molecule has 0 spiro atoms. The SMILES string of the molecule is O=C1N[C@@](CCOC(=O)C(F)(F)F)(Cc2ccnc3ccccc23)C(=O)N1c1ccc(SC(F)(F)F)cc1. The number of hydrogen-bond acceptors (Lipinski definition) is 6. The first-order chi connectivity index (χ1) is 17.8. The number of urea groups is 1. The smallest absolute Gasteiger partial charge is 0.459 e. The molecule has 1 aromatic heterocycles. The van der Waals surface area contributed by atoms with Gasteiger partial charge < -0.3 is 10.1 Å². The Balaban J connectivity index is 1.66. The lowest BCUT2D eigenvalue weighted by Crippen LogP contribution is -2.50.